The van der Waals surface area contributed by atoms with Gasteiger partial charge in [0.25, 0.3) is 0 Å². The van der Waals surface area contributed by atoms with Crippen LogP contribution in [0.4, 0.5) is 5.69 Å². The van der Waals surface area contributed by atoms with Crippen LogP contribution in [0, 0.1) is 5.92 Å². The second kappa shape index (κ2) is 7.53. The molecule has 0 spiro atoms. The van der Waals surface area contributed by atoms with E-state index in [4.69, 9.17) is 4.99 Å². The van der Waals surface area contributed by atoms with E-state index in [-0.39, 0.29) is 0 Å². The summed E-state index contributed by atoms with van der Waals surface area (Å²) in [5.41, 5.74) is 7.49. The van der Waals surface area contributed by atoms with Crippen LogP contribution >= 0.6 is 0 Å². The number of nitrogens with zero attached hydrogens (tertiary/aromatic N) is 4. The molecule has 5 rings (SSSR count). The smallest absolute Gasteiger partial charge is 0.0724 e. The molecule has 4 heteroatoms. The molecule has 0 fully saturated rings. The molecule has 1 aliphatic carbocycles. The monoisotopic (exact) mass is 398 g/mol. The predicted molar refractivity (Wildman–Crippen MR) is 129 cm³/mol. The van der Waals surface area contributed by atoms with Crippen LogP contribution in [0.1, 0.15) is 12.0 Å². The molecule has 30 heavy (non-hydrogen) atoms. The lowest BCUT2D eigenvalue weighted by Crippen LogP contribution is -2.18. The second-order valence-electron chi connectivity index (χ2n) is 9.02. The summed E-state index contributed by atoms with van der Waals surface area (Å²) >= 11 is 0. The minimum atomic E-state index is 0.463. The van der Waals surface area contributed by atoms with Crippen molar-refractivity contribution in [2.24, 2.45) is 10.9 Å². The lowest BCUT2D eigenvalue weighted by Gasteiger charge is -2.18. The Labute approximate surface area is 178 Å². The van der Waals surface area contributed by atoms with Gasteiger partial charge >= 0.3 is 0 Å². The second-order valence-corrected chi connectivity index (χ2v) is 9.02. The van der Waals surface area contributed by atoms with E-state index < -0.39 is 0 Å². The first-order chi connectivity index (χ1) is 14.5. The van der Waals surface area contributed by atoms with Crippen molar-refractivity contribution in [1.82, 2.24) is 14.4 Å². The highest BCUT2D eigenvalue weighted by molar-refractivity contribution is 6.38. The number of aliphatic imine (C=N–C) groups is 1. The summed E-state index contributed by atoms with van der Waals surface area (Å²) in [6.07, 6.45) is 8.12. The lowest BCUT2D eigenvalue weighted by atomic mass is 9.88. The van der Waals surface area contributed by atoms with Crippen molar-refractivity contribution in [1.29, 1.82) is 0 Å². The Morgan fingerprint density at radius 2 is 1.73 bits per heavy atom. The van der Waals surface area contributed by atoms with Gasteiger partial charge in [0.2, 0.25) is 0 Å². The maximum absolute atomic E-state index is 4.98. The molecular formula is C26H30N4. The van der Waals surface area contributed by atoms with Crippen molar-refractivity contribution in [2.75, 3.05) is 41.3 Å². The molecule has 0 N–H and O–H groups in total. The Morgan fingerprint density at radius 1 is 0.933 bits per heavy atom. The van der Waals surface area contributed by atoms with E-state index in [1.54, 1.807) is 0 Å². The summed E-state index contributed by atoms with van der Waals surface area (Å²) in [6, 6.07) is 13.3. The molecular weight excluding hydrogens is 368 g/mol. The number of hydrogen-bond acceptors (Lipinski definition) is 3. The van der Waals surface area contributed by atoms with Crippen LogP contribution in [0.5, 0.6) is 0 Å². The molecule has 154 valence electrons. The zero-order valence-corrected chi connectivity index (χ0v) is 18.4. The molecule has 0 bridgehead atoms. The Balaban J connectivity index is 1.67. The zero-order valence-electron chi connectivity index (χ0n) is 18.4. The topological polar surface area (TPSA) is 23.8 Å². The number of aromatic nitrogens is 1. The van der Waals surface area contributed by atoms with Gasteiger partial charge < -0.3 is 14.4 Å². The van der Waals surface area contributed by atoms with Crippen molar-refractivity contribution in [3.8, 4) is 0 Å². The third-order valence-electron chi connectivity index (χ3n) is 6.27. The van der Waals surface area contributed by atoms with E-state index in [1.807, 2.05) is 0 Å². The van der Waals surface area contributed by atoms with Gasteiger partial charge in [-0.15, -0.1) is 0 Å². The molecule has 2 heterocycles. The van der Waals surface area contributed by atoms with Crippen LogP contribution < -0.4 is 0 Å². The molecule has 2 aliphatic rings. The minimum Gasteiger partial charge on any atom is -0.339 e. The Hall–Kier alpha value is -2.69. The van der Waals surface area contributed by atoms with Crippen molar-refractivity contribution in [3.63, 3.8) is 0 Å². The highest BCUT2D eigenvalue weighted by Gasteiger charge is 2.27. The quantitative estimate of drug-likeness (QED) is 0.586. The summed E-state index contributed by atoms with van der Waals surface area (Å²) in [7, 11) is 8.56. The average Bonchev–Trinajstić information content (AvgIpc) is 3.25. The average molecular weight is 399 g/mol. The molecule has 0 radical (unpaired) electrons. The van der Waals surface area contributed by atoms with Crippen LogP contribution in [-0.4, -0.2) is 61.4 Å². The lowest BCUT2D eigenvalue weighted by molar-refractivity contribution is 0.387. The molecule has 3 aromatic rings. The van der Waals surface area contributed by atoms with Crippen LogP contribution in [0.25, 0.3) is 27.4 Å². The fraction of sp³-hybridized carbons (Fsp3) is 0.346. The third-order valence-corrected chi connectivity index (χ3v) is 6.27. The van der Waals surface area contributed by atoms with Crippen molar-refractivity contribution in [2.45, 2.75) is 13.0 Å². The van der Waals surface area contributed by atoms with E-state index >= 15 is 0 Å². The number of rotatable bonds is 6. The molecule has 0 saturated carbocycles. The first-order valence-electron chi connectivity index (χ1n) is 10.9. The summed E-state index contributed by atoms with van der Waals surface area (Å²) in [6.45, 7) is 3.09. The molecule has 4 nitrogen and oxygen atoms in total. The first-order valence-corrected chi connectivity index (χ1v) is 10.9. The third kappa shape index (κ3) is 3.21. The molecule has 1 aliphatic heterocycles. The van der Waals surface area contributed by atoms with Crippen molar-refractivity contribution in [3.05, 3.63) is 60.2 Å². The van der Waals surface area contributed by atoms with E-state index in [0.29, 0.717) is 5.92 Å². The Kier molecular flexibility index (Phi) is 4.84. The highest BCUT2D eigenvalue weighted by Crippen LogP contribution is 2.45. The molecule has 1 aromatic heterocycles. The first kappa shape index (κ1) is 19.3. The summed E-state index contributed by atoms with van der Waals surface area (Å²) in [4.78, 5) is 9.49. The number of hydrogen-bond donors (Lipinski definition) is 0. The van der Waals surface area contributed by atoms with Crippen LogP contribution in [-0.2, 0) is 6.54 Å². The maximum Gasteiger partial charge on any atom is 0.0724 e. The normalized spacial score (nSPS) is 17.7. The van der Waals surface area contributed by atoms with Gasteiger partial charge in [0.1, 0.15) is 0 Å². The Bertz CT molecular complexity index is 1210. The molecule has 0 amide bonds. The standard InChI is InChI=1S/C26H30N4/c1-28(2)14-13-18-9-10-21-20(17-18)25-22(27-21)11-12-24-26(25)19-7-5-6-8-23(19)30(24)16-15-29(3)4/h5-12,17-18H,13-16H2,1-4H3. The zero-order chi connectivity index (χ0) is 20.8. The van der Waals surface area contributed by atoms with Gasteiger partial charge in [-0.1, -0.05) is 30.4 Å². The molecule has 1 atom stereocenters. The number of likely N-dealkylation sites (N-methyl/N-ethyl adjacent to an activating group) is 1. The van der Waals surface area contributed by atoms with Gasteiger partial charge in [-0.25, -0.2) is 4.99 Å². The van der Waals surface area contributed by atoms with Gasteiger partial charge in [-0.3, -0.25) is 0 Å². The van der Waals surface area contributed by atoms with E-state index in [9.17, 15) is 0 Å². The summed E-state index contributed by atoms with van der Waals surface area (Å²) < 4.78 is 2.48. The van der Waals surface area contributed by atoms with Gasteiger partial charge in [-0.2, -0.15) is 0 Å². The van der Waals surface area contributed by atoms with Crippen molar-refractivity contribution >= 4 is 38.8 Å². The van der Waals surface area contributed by atoms with E-state index in [0.717, 1.165) is 37.5 Å². The van der Waals surface area contributed by atoms with Gasteiger partial charge in [0.15, 0.2) is 0 Å². The van der Waals surface area contributed by atoms with Crippen LogP contribution in [0.3, 0.4) is 0 Å². The summed E-state index contributed by atoms with van der Waals surface area (Å²) in [5, 5.41) is 2.69. The number of para-hydroxylation sites is 1. The van der Waals surface area contributed by atoms with Gasteiger partial charge in [-0.05, 0) is 71.3 Å². The largest absolute Gasteiger partial charge is 0.339 e. The minimum absolute atomic E-state index is 0.463. The van der Waals surface area contributed by atoms with Gasteiger partial charge in [0, 0.05) is 46.0 Å². The fourth-order valence-corrected chi connectivity index (χ4v) is 4.72. The van der Waals surface area contributed by atoms with Crippen LogP contribution in [0.2, 0.25) is 0 Å². The number of allylic oxidation sites excluding steroid dienone is 4. The summed E-state index contributed by atoms with van der Waals surface area (Å²) in [5.74, 6) is 0.463. The predicted octanol–water partition coefficient (Wildman–Crippen LogP) is 4.96. The van der Waals surface area contributed by atoms with Gasteiger partial charge in [0.05, 0.1) is 11.4 Å². The van der Waals surface area contributed by atoms with Crippen molar-refractivity contribution < 1.29 is 0 Å². The molecule has 2 aromatic carbocycles. The molecule has 0 saturated heterocycles. The highest BCUT2D eigenvalue weighted by atomic mass is 15.1. The SMILES string of the molecule is CN(C)CCC1C=CC2=Nc3ccc4c(c3C2=C1)c1ccccc1n4CCN(C)C. The van der Waals surface area contributed by atoms with Crippen LogP contribution in [0.15, 0.2) is 59.6 Å². The molecule has 1 unspecified atom stereocenters. The number of fused-ring (bicyclic) bond motifs is 7. The maximum atomic E-state index is 4.98. The van der Waals surface area contributed by atoms with E-state index in [1.165, 1.54) is 32.9 Å². The fourth-order valence-electron chi connectivity index (χ4n) is 4.72. The number of benzene rings is 2. The Morgan fingerprint density at radius 3 is 2.53 bits per heavy atom. The van der Waals surface area contributed by atoms with E-state index in [2.05, 4.69) is 97.2 Å².